The lowest BCUT2D eigenvalue weighted by molar-refractivity contribution is 0.282. The van der Waals surface area contributed by atoms with Crippen molar-refractivity contribution in [3.63, 3.8) is 0 Å². The van der Waals surface area contributed by atoms with Gasteiger partial charge in [0.05, 0.1) is 6.61 Å². The van der Waals surface area contributed by atoms with Crippen molar-refractivity contribution in [1.29, 1.82) is 0 Å². The van der Waals surface area contributed by atoms with E-state index in [1.807, 2.05) is 18.2 Å². The van der Waals surface area contributed by atoms with Gasteiger partial charge in [0.2, 0.25) is 0 Å². The third-order valence-electron chi connectivity index (χ3n) is 3.67. The fourth-order valence-corrected chi connectivity index (χ4v) is 2.97. The topological polar surface area (TPSA) is 23.5 Å². The van der Waals surface area contributed by atoms with Crippen LogP contribution in [0.1, 0.15) is 31.2 Å². The lowest BCUT2D eigenvalue weighted by Crippen LogP contribution is -2.25. The summed E-state index contributed by atoms with van der Waals surface area (Å²) >= 11 is 6.10. The van der Waals surface area contributed by atoms with Crippen molar-refractivity contribution in [2.75, 3.05) is 18.5 Å². The molecule has 94 valence electrons. The number of hydrogen-bond donors (Lipinski definition) is 1. The molecule has 1 saturated carbocycles. The van der Waals surface area contributed by atoms with E-state index in [0.29, 0.717) is 5.02 Å². The van der Waals surface area contributed by atoms with Gasteiger partial charge >= 0.3 is 0 Å². The second-order valence-corrected chi connectivity index (χ2v) is 5.33. The van der Waals surface area contributed by atoms with E-state index in [-0.39, 0.29) is 6.61 Å². The molecule has 1 aliphatic carbocycles. The summed E-state index contributed by atoms with van der Waals surface area (Å²) in [7, 11) is 2.09. The molecular weight excluding hydrogens is 234 g/mol. The maximum Gasteiger partial charge on any atom is 0.0716 e. The van der Waals surface area contributed by atoms with Crippen LogP contribution in [0, 0.1) is 5.92 Å². The van der Waals surface area contributed by atoms with Crippen molar-refractivity contribution in [2.45, 2.75) is 32.3 Å². The SMILES string of the molecule is CN(CC1CCCC1)c1cccc(Cl)c1CO. The smallest absolute Gasteiger partial charge is 0.0716 e. The maximum atomic E-state index is 9.40. The van der Waals surface area contributed by atoms with Crippen LogP contribution in [0.15, 0.2) is 18.2 Å². The Balaban J connectivity index is 2.12. The molecule has 0 amide bonds. The third-order valence-corrected chi connectivity index (χ3v) is 4.02. The number of aliphatic hydroxyl groups is 1. The van der Waals surface area contributed by atoms with E-state index in [1.165, 1.54) is 25.7 Å². The lowest BCUT2D eigenvalue weighted by atomic mass is 10.1. The van der Waals surface area contributed by atoms with Crippen molar-refractivity contribution in [2.24, 2.45) is 5.92 Å². The summed E-state index contributed by atoms with van der Waals surface area (Å²) in [5.41, 5.74) is 1.90. The molecule has 0 radical (unpaired) electrons. The quantitative estimate of drug-likeness (QED) is 0.888. The van der Waals surface area contributed by atoms with Crippen LogP contribution in [-0.2, 0) is 6.61 Å². The summed E-state index contributed by atoms with van der Waals surface area (Å²) in [4.78, 5) is 2.23. The second kappa shape index (κ2) is 5.74. The van der Waals surface area contributed by atoms with Gasteiger partial charge in [0.25, 0.3) is 0 Å². The zero-order valence-electron chi connectivity index (χ0n) is 10.3. The van der Waals surface area contributed by atoms with Gasteiger partial charge in [0.15, 0.2) is 0 Å². The van der Waals surface area contributed by atoms with Crippen LogP contribution in [-0.4, -0.2) is 18.7 Å². The van der Waals surface area contributed by atoms with Gasteiger partial charge in [-0.25, -0.2) is 0 Å². The molecule has 0 saturated heterocycles. The molecule has 2 nitrogen and oxygen atoms in total. The standard InChI is InChI=1S/C14H20ClNO/c1-16(9-11-5-2-3-6-11)14-8-4-7-13(15)12(14)10-17/h4,7-8,11,17H,2-3,5-6,9-10H2,1H3. The van der Waals surface area contributed by atoms with E-state index >= 15 is 0 Å². The van der Waals surface area contributed by atoms with Crippen molar-refractivity contribution >= 4 is 17.3 Å². The molecular formula is C14H20ClNO. The van der Waals surface area contributed by atoms with E-state index in [9.17, 15) is 5.11 Å². The van der Waals surface area contributed by atoms with Gasteiger partial charge in [0, 0.05) is 29.9 Å². The van der Waals surface area contributed by atoms with Gasteiger partial charge in [0.1, 0.15) is 0 Å². The Kier molecular flexibility index (Phi) is 4.30. The zero-order chi connectivity index (χ0) is 12.3. The first kappa shape index (κ1) is 12.7. The molecule has 0 unspecified atom stereocenters. The normalized spacial score (nSPS) is 16.4. The molecule has 1 aromatic carbocycles. The van der Waals surface area contributed by atoms with Crippen LogP contribution >= 0.6 is 11.6 Å². The van der Waals surface area contributed by atoms with Crippen LogP contribution in [0.2, 0.25) is 5.02 Å². The number of aliphatic hydroxyl groups excluding tert-OH is 1. The Morgan fingerprint density at radius 3 is 2.71 bits per heavy atom. The van der Waals surface area contributed by atoms with Crippen molar-refractivity contribution in [3.05, 3.63) is 28.8 Å². The summed E-state index contributed by atoms with van der Waals surface area (Å²) in [6.45, 7) is 1.07. The first-order valence-corrected chi connectivity index (χ1v) is 6.69. The Labute approximate surface area is 108 Å². The van der Waals surface area contributed by atoms with Gasteiger partial charge < -0.3 is 10.0 Å². The summed E-state index contributed by atoms with van der Waals surface area (Å²) in [5.74, 6) is 0.797. The van der Waals surface area contributed by atoms with Crippen LogP contribution < -0.4 is 4.90 Å². The number of benzene rings is 1. The third kappa shape index (κ3) is 2.93. The minimum Gasteiger partial charge on any atom is -0.392 e. The minimum absolute atomic E-state index is 0.00398. The predicted octanol–water partition coefficient (Wildman–Crippen LogP) is 3.46. The molecule has 2 rings (SSSR count). The van der Waals surface area contributed by atoms with Gasteiger partial charge in [-0.3, -0.25) is 0 Å². The Morgan fingerprint density at radius 2 is 2.06 bits per heavy atom. The first-order chi connectivity index (χ1) is 8.22. The van der Waals surface area contributed by atoms with E-state index < -0.39 is 0 Å². The Hall–Kier alpha value is -0.730. The highest BCUT2D eigenvalue weighted by molar-refractivity contribution is 6.31. The number of anilines is 1. The molecule has 0 spiro atoms. The molecule has 0 aromatic heterocycles. The highest BCUT2D eigenvalue weighted by Crippen LogP contribution is 2.30. The van der Waals surface area contributed by atoms with Crippen molar-refractivity contribution in [1.82, 2.24) is 0 Å². The summed E-state index contributed by atoms with van der Waals surface area (Å²) in [5, 5.41) is 10.1. The van der Waals surface area contributed by atoms with Gasteiger partial charge in [-0.1, -0.05) is 30.5 Å². The van der Waals surface area contributed by atoms with Crippen molar-refractivity contribution < 1.29 is 5.11 Å². The summed E-state index contributed by atoms with van der Waals surface area (Å²) in [6, 6.07) is 5.81. The van der Waals surface area contributed by atoms with Crippen LogP contribution in [0.3, 0.4) is 0 Å². The van der Waals surface area contributed by atoms with E-state index in [2.05, 4.69) is 11.9 Å². The highest BCUT2D eigenvalue weighted by Gasteiger charge is 2.18. The monoisotopic (exact) mass is 253 g/mol. The van der Waals surface area contributed by atoms with Gasteiger partial charge in [-0.15, -0.1) is 0 Å². The predicted molar refractivity (Wildman–Crippen MR) is 72.6 cm³/mol. The second-order valence-electron chi connectivity index (χ2n) is 4.93. The van der Waals surface area contributed by atoms with Gasteiger partial charge in [-0.05, 0) is 30.9 Å². The largest absolute Gasteiger partial charge is 0.392 e. The lowest BCUT2D eigenvalue weighted by Gasteiger charge is -2.25. The first-order valence-electron chi connectivity index (χ1n) is 6.31. The molecule has 1 fully saturated rings. The van der Waals surface area contributed by atoms with Gasteiger partial charge in [-0.2, -0.15) is 0 Å². The fraction of sp³-hybridized carbons (Fsp3) is 0.571. The van der Waals surface area contributed by atoms with E-state index in [0.717, 1.165) is 23.7 Å². The number of hydrogen-bond acceptors (Lipinski definition) is 2. The fourth-order valence-electron chi connectivity index (χ4n) is 2.74. The number of rotatable bonds is 4. The molecule has 1 N–H and O–H groups in total. The number of halogens is 1. The maximum absolute atomic E-state index is 9.40. The molecule has 1 aromatic rings. The molecule has 3 heteroatoms. The minimum atomic E-state index is 0.00398. The highest BCUT2D eigenvalue weighted by atomic mass is 35.5. The molecule has 0 heterocycles. The molecule has 1 aliphatic rings. The zero-order valence-corrected chi connectivity index (χ0v) is 11.1. The summed E-state index contributed by atoms with van der Waals surface area (Å²) in [6.07, 6.45) is 5.39. The Bertz CT molecular complexity index is 374. The van der Waals surface area contributed by atoms with E-state index in [1.54, 1.807) is 0 Å². The molecule has 0 aliphatic heterocycles. The van der Waals surface area contributed by atoms with Crippen LogP contribution in [0.25, 0.3) is 0 Å². The molecule has 17 heavy (non-hydrogen) atoms. The van der Waals surface area contributed by atoms with Crippen molar-refractivity contribution in [3.8, 4) is 0 Å². The molecule has 0 atom stereocenters. The van der Waals surface area contributed by atoms with Crippen LogP contribution in [0.5, 0.6) is 0 Å². The Morgan fingerprint density at radius 1 is 1.35 bits per heavy atom. The number of nitrogens with zero attached hydrogens (tertiary/aromatic N) is 1. The molecule has 0 bridgehead atoms. The average Bonchev–Trinajstić information content (AvgIpc) is 2.81. The average molecular weight is 254 g/mol. The van der Waals surface area contributed by atoms with E-state index in [4.69, 9.17) is 11.6 Å². The summed E-state index contributed by atoms with van der Waals surface area (Å²) < 4.78 is 0. The van der Waals surface area contributed by atoms with Crippen LogP contribution in [0.4, 0.5) is 5.69 Å².